The molecule has 67 valence electrons. The molecule has 0 spiro atoms. The van der Waals surface area contributed by atoms with Crippen LogP contribution < -0.4 is 29.6 Å². The molecule has 1 atom stereocenters. The summed E-state index contributed by atoms with van der Waals surface area (Å²) in [4.78, 5) is 11.7. The SMILES string of the molecule is C[CH]([Hg])Sc1ccccc1C(=O)O.[H-].[Na+]. The minimum Gasteiger partial charge on any atom is -1.00 e. The number of carbonyl (C=O) groups is 1. The first-order chi connectivity index (χ1) is 6.11. The molecule has 1 aromatic rings. The van der Waals surface area contributed by atoms with E-state index < -0.39 is 5.97 Å². The Labute approximate surface area is 128 Å². The molecule has 2 nitrogen and oxygen atoms in total. The van der Waals surface area contributed by atoms with E-state index in [2.05, 4.69) is 6.92 Å². The molecule has 14 heavy (non-hydrogen) atoms. The number of carboxylic acids is 1. The Balaban J connectivity index is 0. The Kier molecular flexibility index (Phi) is 7.79. The molecule has 0 saturated carbocycles. The van der Waals surface area contributed by atoms with Gasteiger partial charge < -0.3 is 1.43 Å². The smallest absolute Gasteiger partial charge is 1.00 e. The molecule has 1 rings (SSSR count). The third-order valence-corrected chi connectivity index (χ3v) is 4.40. The predicted octanol–water partition coefficient (Wildman–Crippen LogP) is -0.514. The fraction of sp³-hybridized carbons (Fsp3) is 0.222. The first-order valence-electron chi connectivity index (χ1n) is 3.93. The summed E-state index contributed by atoms with van der Waals surface area (Å²) in [6.45, 7) is 2.13. The second-order valence-electron chi connectivity index (χ2n) is 2.73. The Morgan fingerprint density at radius 1 is 1.57 bits per heavy atom. The minimum absolute atomic E-state index is 0. The number of aromatic carboxylic acids is 1. The molecule has 0 aliphatic carbocycles. The minimum atomic E-state index is -0.836. The summed E-state index contributed by atoms with van der Waals surface area (Å²) in [7, 11) is 0. The molecule has 0 amide bonds. The topological polar surface area (TPSA) is 37.3 Å². The van der Waals surface area contributed by atoms with Gasteiger partial charge in [-0.3, -0.25) is 0 Å². The van der Waals surface area contributed by atoms with Crippen molar-refractivity contribution in [2.45, 2.75) is 14.6 Å². The van der Waals surface area contributed by atoms with E-state index in [-0.39, 0.29) is 31.0 Å². The summed E-state index contributed by atoms with van der Waals surface area (Å²) in [5.41, 5.74) is 0.421. The van der Waals surface area contributed by atoms with E-state index in [4.69, 9.17) is 5.11 Å². The molecule has 0 aliphatic heterocycles. The van der Waals surface area contributed by atoms with Gasteiger partial charge in [-0.15, -0.1) is 0 Å². The molecule has 1 N–H and O–H groups in total. The van der Waals surface area contributed by atoms with Gasteiger partial charge >= 0.3 is 128 Å². The van der Waals surface area contributed by atoms with Gasteiger partial charge in [0.05, 0.1) is 0 Å². The molecule has 0 heterocycles. The first kappa shape index (κ1) is 15.0. The number of rotatable bonds is 3. The maximum atomic E-state index is 10.8. The number of benzene rings is 1. The Morgan fingerprint density at radius 3 is 2.64 bits per heavy atom. The van der Waals surface area contributed by atoms with Crippen molar-refractivity contribution in [1.82, 2.24) is 0 Å². The van der Waals surface area contributed by atoms with Crippen LogP contribution in [0.3, 0.4) is 0 Å². The normalized spacial score (nSPS) is 11.6. The van der Waals surface area contributed by atoms with Crippen molar-refractivity contribution >= 4 is 17.7 Å². The van der Waals surface area contributed by atoms with E-state index in [9.17, 15) is 4.79 Å². The Bertz CT molecular complexity index is 323. The van der Waals surface area contributed by atoms with Crippen LogP contribution >= 0.6 is 11.8 Å². The van der Waals surface area contributed by atoms with Crippen LogP contribution in [0.2, 0.25) is 0 Å². The van der Waals surface area contributed by atoms with Crippen LogP contribution in [0.5, 0.6) is 0 Å². The van der Waals surface area contributed by atoms with Crippen LogP contribution in [0.25, 0.3) is 0 Å². The molecular weight excluding hydrogens is 396 g/mol. The zero-order chi connectivity index (χ0) is 9.84. The maximum absolute atomic E-state index is 10.8. The van der Waals surface area contributed by atoms with Crippen LogP contribution in [0.1, 0.15) is 18.7 Å². The number of hydrogen-bond donors (Lipinski definition) is 1. The standard InChI is InChI=1S/C9H9O2S.Hg.Na.H/c1-2-12-8-6-4-3-5-7(8)9(10)11;;;/h2-6H,1H3,(H,10,11);;;/q;;+1;-1. The van der Waals surface area contributed by atoms with Gasteiger partial charge in [0.25, 0.3) is 0 Å². The first-order valence-corrected chi connectivity index (χ1v) is 7.98. The summed E-state index contributed by atoms with van der Waals surface area (Å²) in [5, 5.41) is 8.88. The molecule has 0 bridgehead atoms. The quantitative estimate of drug-likeness (QED) is 0.543. The zero-order valence-electron chi connectivity index (χ0n) is 9.36. The monoisotopic (exact) mass is 407 g/mol. The van der Waals surface area contributed by atoms with Crippen molar-refractivity contribution in [2.24, 2.45) is 0 Å². The summed E-state index contributed by atoms with van der Waals surface area (Å²) >= 11 is 2.34. The van der Waals surface area contributed by atoms with Gasteiger partial charge in [0.2, 0.25) is 0 Å². The number of carboxylic acid groups (broad SMARTS) is 1. The molecule has 0 saturated heterocycles. The van der Waals surface area contributed by atoms with Crippen molar-refractivity contribution in [2.75, 3.05) is 0 Å². The van der Waals surface area contributed by atoms with Crippen LogP contribution in [0.4, 0.5) is 0 Å². The van der Waals surface area contributed by atoms with Gasteiger partial charge in [-0.05, 0) is 0 Å². The zero-order valence-corrected chi connectivity index (χ0v) is 16.7. The number of thioether (sulfide) groups is 1. The summed E-state index contributed by atoms with van der Waals surface area (Å²) in [6, 6.07) is 7.17. The molecule has 1 aromatic carbocycles. The maximum Gasteiger partial charge on any atom is 1.00 e. The van der Waals surface area contributed by atoms with Gasteiger partial charge in [0.15, 0.2) is 0 Å². The molecular formula is C9H10HgNaO2S. The van der Waals surface area contributed by atoms with Crippen LogP contribution in [-0.4, -0.2) is 13.8 Å². The Morgan fingerprint density at radius 2 is 2.14 bits per heavy atom. The van der Waals surface area contributed by atoms with Gasteiger partial charge in [0.1, 0.15) is 0 Å². The van der Waals surface area contributed by atoms with Gasteiger partial charge in [-0.1, -0.05) is 0 Å². The van der Waals surface area contributed by atoms with E-state index in [0.29, 0.717) is 34.4 Å². The molecule has 5 heteroatoms. The summed E-state index contributed by atoms with van der Waals surface area (Å²) < 4.78 is 0.598. The van der Waals surface area contributed by atoms with Crippen LogP contribution in [-0.2, 0) is 26.1 Å². The Hall–Kier alpha value is 0.975. The van der Waals surface area contributed by atoms with E-state index in [0.717, 1.165) is 4.90 Å². The van der Waals surface area contributed by atoms with Crippen molar-refractivity contribution < 1.29 is 67.0 Å². The van der Waals surface area contributed by atoms with E-state index in [1.807, 2.05) is 12.1 Å². The average Bonchev–Trinajstić information content (AvgIpc) is 2.03. The molecule has 0 aliphatic rings. The van der Waals surface area contributed by atoms with Crippen molar-refractivity contribution in [3.8, 4) is 0 Å². The molecule has 0 fully saturated rings. The predicted molar refractivity (Wildman–Crippen MR) is 49.8 cm³/mol. The van der Waals surface area contributed by atoms with Gasteiger partial charge in [-0.2, -0.15) is 0 Å². The van der Waals surface area contributed by atoms with Crippen LogP contribution in [0.15, 0.2) is 29.2 Å². The fourth-order valence-corrected chi connectivity index (χ4v) is 3.93. The van der Waals surface area contributed by atoms with Crippen molar-refractivity contribution in [3.05, 3.63) is 29.8 Å². The molecule has 1 unspecified atom stereocenters. The van der Waals surface area contributed by atoms with E-state index in [1.54, 1.807) is 23.9 Å². The summed E-state index contributed by atoms with van der Waals surface area (Å²) in [6.07, 6.45) is 0. The average molecular weight is 406 g/mol. The molecule has 0 aromatic heterocycles. The van der Waals surface area contributed by atoms with E-state index >= 15 is 0 Å². The second-order valence-corrected chi connectivity index (χ2v) is 11.3. The molecule has 0 radical (unpaired) electrons. The largest absolute Gasteiger partial charge is 1.00 e. The summed E-state index contributed by atoms with van der Waals surface area (Å²) in [5.74, 6) is -0.836. The number of hydrogen-bond acceptors (Lipinski definition) is 2. The van der Waals surface area contributed by atoms with Crippen LogP contribution in [0, 0.1) is 0 Å². The third kappa shape index (κ3) is 4.66. The van der Waals surface area contributed by atoms with Crippen molar-refractivity contribution in [1.29, 1.82) is 0 Å². The second kappa shape index (κ2) is 7.28. The van der Waals surface area contributed by atoms with Gasteiger partial charge in [0, 0.05) is 0 Å². The van der Waals surface area contributed by atoms with E-state index in [1.165, 1.54) is 0 Å². The third-order valence-electron chi connectivity index (χ3n) is 1.45. The fourth-order valence-electron chi connectivity index (χ4n) is 0.963. The van der Waals surface area contributed by atoms with Gasteiger partial charge in [-0.25, -0.2) is 0 Å². The van der Waals surface area contributed by atoms with Crippen molar-refractivity contribution in [3.63, 3.8) is 0 Å².